The van der Waals surface area contributed by atoms with Crippen molar-refractivity contribution >= 4 is 40.3 Å². The van der Waals surface area contributed by atoms with Crippen molar-refractivity contribution in [1.82, 2.24) is 19.5 Å². The molecule has 8 heteroatoms. The van der Waals surface area contributed by atoms with Gasteiger partial charge >= 0.3 is 5.97 Å². The molecule has 2 rings (SSSR count). The quantitative estimate of drug-likeness (QED) is 0.667. The third-order valence-electron chi connectivity index (χ3n) is 1.96. The fourth-order valence-electron chi connectivity index (χ4n) is 1.32. The first-order valence-electron chi connectivity index (χ1n) is 4.31. The topological polar surface area (TPSA) is 80.9 Å². The zero-order valence-corrected chi connectivity index (χ0v) is 9.40. The number of carboxylic acid groups (broad SMARTS) is 1. The Balaban J connectivity index is 2.70. The lowest BCUT2D eigenvalue weighted by Crippen LogP contribution is -2.05. The van der Waals surface area contributed by atoms with E-state index in [4.69, 9.17) is 28.3 Å². The molecular weight excluding hydrogens is 255 g/mol. The van der Waals surface area contributed by atoms with Gasteiger partial charge in [-0.1, -0.05) is 0 Å². The van der Waals surface area contributed by atoms with Crippen LogP contribution in [0.1, 0.15) is 10.5 Å². The Bertz CT molecular complexity index is 554. The molecule has 0 aliphatic rings. The molecule has 84 valence electrons. The number of nitrogens with zero attached hydrogens (tertiary/aromatic N) is 4. The van der Waals surface area contributed by atoms with Gasteiger partial charge in [-0.15, -0.1) is 11.6 Å². The molecule has 0 bridgehead atoms. The number of aromatic carboxylic acids is 1. The van der Waals surface area contributed by atoms with Gasteiger partial charge in [-0.2, -0.15) is 4.98 Å². The highest BCUT2D eigenvalue weighted by Gasteiger charge is 2.17. The minimum absolute atomic E-state index is 0.124. The Kier molecular flexibility index (Phi) is 2.93. The molecule has 1 N–H and O–H groups in total. The summed E-state index contributed by atoms with van der Waals surface area (Å²) in [6.07, 6.45) is 1.46. The van der Waals surface area contributed by atoms with Gasteiger partial charge in [0.15, 0.2) is 11.3 Å². The van der Waals surface area contributed by atoms with E-state index in [1.807, 2.05) is 0 Å². The lowest BCUT2D eigenvalue weighted by atomic mass is 10.3. The van der Waals surface area contributed by atoms with Gasteiger partial charge in [-0.3, -0.25) is 0 Å². The van der Waals surface area contributed by atoms with Crippen LogP contribution in [0.5, 0.6) is 0 Å². The summed E-state index contributed by atoms with van der Waals surface area (Å²) in [4.78, 5) is 22.4. The monoisotopic (exact) mass is 260 g/mol. The van der Waals surface area contributed by atoms with Crippen LogP contribution in [0.4, 0.5) is 0 Å². The molecule has 0 saturated carbocycles. The lowest BCUT2D eigenvalue weighted by molar-refractivity contribution is 0.0692. The van der Waals surface area contributed by atoms with Crippen LogP contribution in [0.15, 0.2) is 6.33 Å². The summed E-state index contributed by atoms with van der Waals surface area (Å²) in [5.74, 6) is -0.819. The van der Waals surface area contributed by atoms with Gasteiger partial charge in [0.1, 0.15) is 5.52 Å². The number of fused-ring (bicyclic) bond motifs is 1. The minimum atomic E-state index is -1.19. The Morgan fingerprint density at radius 1 is 1.50 bits per heavy atom. The molecule has 2 aromatic rings. The number of carbonyl (C=O) groups is 1. The first kappa shape index (κ1) is 11.1. The molecule has 0 unspecified atom stereocenters. The summed E-state index contributed by atoms with van der Waals surface area (Å²) < 4.78 is 1.63. The Morgan fingerprint density at radius 2 is 2.25 bits per heavy atom. The third-order valence-corrected chi connectivity index (χ3v) is 2.30. The number of rotatable bonds is 3. The molecule has 6 nitrogen and oxygen atoms in total. The van der Waals surface area contributed by atoms with Crippen LogP contribution in [-0.4, -0.2) is 36.5 Å². The molecule has 0 aliphatic heterocycles. The van der Waals surface area contributed by atoms with E-state index in [1.165, 1.54) is 6.33 Å². The number of aryl methyl sites for hydroxylation is 1. The molecule has 16 heavy (non-hydrogen) atoms. The Hall–Kier alpha value is -1.40. The summed E-state index contributed by atoms with van der Waals surface area (Å²) in [7, 11) is 0. The van der Waals surface area contributed by atoms with Crippen molar-refractivity contribution in [2.75, 3.05) is 5.88 Å². The van der Waals surface area contributed by atoms with Gasteiger partial charge in [0, 0.05) is 12.4 Å². The second-order valence-electron chi connectivity index (χ2n) is 2.95. The van der Waals surface area contributed by atoms with Gasteiger partial charge < -0.3 is 9.67 Å². The van der Waals surface area contributed by atoms with Crippen molar-refractivity contribution in [2.24, 2.45) is 0 Å². The lowest BCUT2D eigenvalue weighted by Gasteiger charge is -2.00. The molecule has 2 heterocycles. The average Bonchev–Trinajstić information content (AvgIpc) is 2.61. The minimum Gasteiger partial charge on any atom is -0.476 e. The summed E-state index contributed by atoms with van der Waals surface area (Å²) in [5.41, 5.74) is 0.378. The summed E-state index contributed by atoms with van der Waals surface area (Å²) >= 11 is 11.2. The number of carboxylic acids is 1. The SMILES string of the molecule is O=C(O)c1nc(Cl)nc2c1ncn2CCCl. The largest absolute Gasteiger partial charge is 0.476 e. The van der Waals surface area contributed by atoms with Crippen molar-refractivity contribution in [2.45, 2.75) is 6.54 Å². The Labute approximate surface area is 99.8 Å². The second-order valence-corrected chi connectivity index (χ2v) is 3.66. The predicted molar refractivity (Wildman–Crippen MR) is 58.0 cm³/mol. The van der Waals surface area contributed by atoms with Crippen LogP contribution in [0.3, 0.4) is 0 Å². The maximum atomic E-state index is 10.9. The molecule has 0 fully saturated rings. The maximum Gasteiger partial charge on any atom is 0.357 e. The van der Waals surface area contributed by atoms with E-state index in [1.54, 1.807) is 4.57 Å². The third kappa shape index (κ3) is 1.81. The maximum absolute atomic E-state index is 10.9. The summed E-state index contributed by atoms with van der Waals surface area (Å²) in [6, 6.07) is 0. The van der Waals surface area contributed by atoms with Gasteiger partial charge in [0.2, 0.25) is 5.28 Å². The van der Waals surface area contributed by atoms with E-state index < -0.39 is 5.97 Å². The van der Waals surface area contributed by atoms with E-state index in [-0.39, 0.29) is 16.5 Å². The molecule has 0 atom stereocenters. The Morgan fingerprint density at radius 3 is 2.88 bits per heavy atom. The highest BCUT2D eigenvalue weighted by Crippen LogP contribution is 2.16. The fraction of sp³-hybridized carbons (Fsp3) is 0.250. The number of aromatic nitrogens is 4. The molecule has 0 radical (unpaired) electrons. The number of alkyl halides is 1. The van der Waals surface area contributed by atoms with E-state index in [2.05, 4.69) is 15.0 Å². The molecule has 0 amide bonds. The number of imidazole rings is 1. The van der Waals surface area contributed by atoms with Crippen molar-refractivity contribution in [3.05, 3.63) is 17.3 Å². The molecule has 2 aromatic heterocycles. The highest BCUT2D eigenvalue weighted by molar-refractivity contribution is 6.28. The van der Waals surface area contributed by atoms with Crippen LogP contribution in [0.2, 0.25) is 5.28 Å². The number of halogens is 2. The van der Waals surface area contributed by atoms with Crippen LogP contribution < -0.4 is 0 Å². The predicted octanol–water partition coefficient (Wildman–Crippen LogP) is 1.42. The van der Waals surface area contributed by atoms with Gasteiger partial charge in [-0.05, 0) is 11.6 Å². The van der Waals surface area contributed by atoms with Crippen molar-refractivity contribution in [1.29, 1.82) is 0 Å². The van der Waals surface area contributed by atoms with E-state index in [9.17, 15) is 4.79 Å². The molecule has 0 spiro atoms. The first-order chi connectivity index (χ1) is 7.63. The summed E-state index contributed by atoms with van der Waals surface area (Å²) in [5, 5.41) is 8.80. The van der Waals surface area contributed by atoms with Gasteiger partial charge in [0.05, 0.1) is 6.33 Å². The zero-order valence-electron chi connectivity index (χ0n) is 7.89. The van der Waals surface area contributed by atoms with E-state index in [0.29, 0.717) is 18.1 Å². The van der Waals surface area contributed by atoms with E-state index >= 15 is 0 Å². The molecule has 0 aliphatic carbocycles. The van der Waals surface area contributed by atoms with Crippen molar-refractivity contribution in [3.8, 4) is 0 Å². The summed E-state index contributed by atoms with van der Waals surface area (Å²) in [6.45, 7) is 0.477. The van der Waals surface area contributed by atoms with Crippen LogP contribution in [0.25, 0.3) is 11.2 Å². The van der Waals surface area contributed by atoms with Crippen molar-refractivity contribution in [3.63, 3.8) is 0 Å². The normalized spacial score (nSPS) is 10.9. The van der Waals surface area contributed by atoms with Gasteiger partial charge in [0.25, 0.3) is 0 Å². The number of hydrogen-bond donors (Lipinski definition) is 1. The highest BCUT2D eigenvalue weighted by atomic mass is 35.5. The smallest absolute Gasteiger partial charge is 0.357 e. The van der Waals surface area contributed by atoms with Crippen LogP contribution >= 0.6 is 23.2 Å². The van der Waals surface area contributed by atoms with Gasteiger partial charge in [-0.25, -0.2) is 14.8 Å². The number of hydrogen-bond acceptors (Lipinski definition) is 4. The standard InChI is InChI=1S/C8H6Cl2N4O2/c9-1-2-14-3-11-4-5(7(15)16)12-8(10)13-6(4)14/h3H,1-2H2,(H,15,16). The first-order valence-corrected chi connectivity index (χ1v) is 5.22. The zero-order chi connectivity index (χ0) is 11.7. The van der Waals surface area contributed by atoms with Crippen LogP contribution in [0, 0.1) is 0 Å². The molecule has 0 saturated heterocycles. The average molecular weight is 261 g/mol. The van der Waals surface area contributed by atoms with Crippen LogP contribution in [-0.2, 0) is 6.54 Å². The molecular formula is C8H6Cl2N4O2. The molecule has 0 aromatic carbocycles. The second kappa shape index (κ2) is 4.23. The fourth-order valence-corrected chi connectivity index (χ4v) is 1.67. The van der Waals surface area contributed by atoms with Crippen molar-refractivity contribution < 1.29 is 9.90 Å². The van der Waals surface area contributed by atoms with E-state index in [0.717, 1.165) is 0 Å².